The van der Waals surface area contributed by atoms with Gasteiger partial charge < -0.3 is 4.57 Å². The maximum absolute atomic E-state index is 12.6. The van der Waals surface area contributed by atoms with Gasteiger partial charge in [-0.3, -0.25) is 9.78 Å². The second-order valence-electron chi connectivity index (χ2n) is 7.69. The summed E-state index contributed by atoms with van der Waals surface area (Å²) in [4.78, 5) is 23.4. The number of carbonyl (C=O) groups is 1. The molecule has 2 heterocycles. The van der Waals surface area contributed by atoms with Crippen LogP contribution in [0.2, 0.25) is 0 Å². The van der Waals surface area contributed by atoms with Gasteiger partial charge in [0.05, 0.1) is 0 Å². The molecule has 1 fully saturated rings. The summed E-state index contributed by atoms with van der Waals surface area (Å²) >= 11 is 1.64. The highest BCUT2D eigenvalue weighted by atomic mass is 32.1. The average Bonchev–Trinajstić information content (AvgIpc) is 3.26. The Labute approximate surface area is 147 Å². The van der Waals surface area contributed by atoms with Crippen LogP contribution in [0.4, 0.5) is 0 Å². The quantitative estimate of drug-likeness (QED) is 0.845. The third kappa shape index (κ3) is 3.51. The van der Waals surface area contributed by atoms with Crippen LogP contribution in [0.1, 0.15) is 60.2 Å². The molecule has 5 heteroatoms. The molecule has 1 aliphatic carbocycles. The highest BCUT2D eigenvalue weighted by Gasteiger charge is 2.27. The van der Waals surface area contributed by atoms with Crippen molar-refractivity contribution in [2.24, 2.45) is 10.9 Å². The molecular formula is C19H25N3OS. The van der Waals surface area contributed by atoms with Gasteiger partial charge in [-0.05, 0) is 49.7 Å². The highest BCUT2D eigenvalue weighted by molar-refractivity contribution is 7.09. The Bertz CT molecular complexity index is 835. The molecule has 1 amide bonds. The lowest BCUT2D eigenvalue weighted by Gasteiger charge is -2.17. The van der Waals surface area contributed by atoms with Gasteiger partial charge in [-0.1, -0.05) is 26.8 Å². The molecule has 1 saturated carbocycles. The van der Waals surface area contributed by atoms with Gasteiger partial charge in [0.15, 0.2) is 4.80 Å². The van der Waals surface area contributed by atoms with Gasteiger partial charge in [0, 0.05) is 23.3 Å². The van der Waals surface area contributed by atoms with E-state index in [4.69, 9.17) is 0 Å². The number of amides is 1. The summed E-state index contributed by atoms with van der Waals surface area (Å²) in [5.41, 5.74) is 2.60. The standard InChI is InChI=1S/C19H25N3OS/c1-12-7-6-10-20-15(12)17(23)21-18-22(11-14-8-9-14)13(2)16(24-18)19(3,4)5/h6-7,10,14H,8-9,11H2,1-5H3. The molecule has 0 saturated heterocycles. The fourth-order valence-corrected chi connectivity index (χ4v) is 4.09. The number of aromatic nitrogens is 2. The average molecular weight is 343 g/mol. The molecular weight excluding hydrogens is 318 g/mol. The third-order valence-electron chi connectivity index (χ3n) is 4.39. The second kappa shape index (κ2) is 6.28. The van der Waals surface area contributed by atoms with Crippen molar-refractivity contribution in [2.75, 3.05) is 0 Å². The number of hydrogen-bond donors (Lipinski definition) is 0. The van der Waals surface area contributed by atoms with E-state index in [-0.39, 0.29) is 11.3 Å². The number of hydrogen-bond acceptors (Lipinski definition) is 3. The van der Waals surface area contributed by atoms with Crippen LogP contribution in [0.25, 0.3) is 0 Å². The first-order valence-electron chi connectivity index (χ1n) is 8.48. The van der Waals surface area contributed by atoms with E-state index in [1.54, 1.807) is 17.5 Å². The molecule has 128 valence electrons. The van der Waals surface area contributed by atoms with Gasteiger partial charge in [-0.2, -0.15) is 4.99 Å². The largest absolute Gasteiger partial charge is 0.320 e. The van der Waals surface area contributed by atoms with E-state index in [1.165, 1.54) is 23.4 Å². The van der Waals surface area contributed by atoms with E-state index in [0.29, 0.717) is 5.69 Å². The van der Waals surface area contributed by atoms with Crippen molar-refractivity contribution in [1.29, 1.82) is 0 Å². The first-order chi connectivity index (χ1) is 11.3. The van der Waals surface area contributed by atoms with E-state index in [9.17, 15) is 4.79 Å². The van der Waals surface area contributed by atoms with Gasteiger partial charge in [0.1, 0.15) is 5.69 Å². The predicted octanol–water partition coefficient (Wildman–Crippen LogP) is 4.01. The molecule has 0 spiro atoms. The van der Waals surface area contributed by atoms with Crippen molar-refractivity contribution in [1.82, 2.24) is 9.55 Å². The van der Waals surface area contributed by atoms with Crippen molar-refractivity contribution in [3.05, 3.63) is 45.0 Å². The van der Waals surface area contributed by atoms with Crippen LogP contribution in [0.5, 0.6) is 0 Å². The fraction of sp³-hybridized carbons (Fsp3) is 0.526. The highest BCUT2D eigenvalue weighted by Crippen LogP contribution is 2.33. The molecule has 1 aliphatic rings. The van der Waals surface area contributed by atoms with Crippen molar-refractivity contribution in [3.63, 3.8) is 0 Å². The lowest BCUT2D eigenvalue weighted by atomic mass is 9.93. The zero-order chi connectivity index (χ0) is 17.5. The van der Waals surface area contributed by atoms with E-state index >= 15 is 0 Å². The summed E-state index contributed by atoms with van der Waals surface area (Å²) < 4.78 is 2.24. The minimum absolute atomic E-state index is 0.0534. The number of aryl methyl sites for hydroxylation is 1. The lowest BCUT2D eigenvalue weighted by molar-refractivity contribution is 0.0992. The SMILES string of the molecule is Cc1cccnc1C(=O)N=c1sc(C(C)(C)C)c(C)n1CC1CC1. The smallest absolute Gasteiger partial charge is 0.298 e. The Hall–Kier alpha value is -1.75. The fourth-order valence-electron chi connectivity index (χ4n) is 2.89. The topological polar surface area (TPSA) is 47.2 Å². The summed E-state index contributed by atoms with van der Waals surface area (Å²) in [5.74, 6) is 0.483. The summed E-state index contributed by atoms with van der Waals surface area (Å²) in [5, 5.41) is 0. The van der Waals surface area contributed by atoms with E-state index in [2.05, 4.69) is 42.2 Å². The molecule has 0 radical (unpaired) electrons. The summed E-state index contributed by atoms with van der Waals surface area (Å²) in [6, 6.07) is 3.74. The molecule has 0 bridgehead atoms. The molecule has 2 aromatic rings. The van der Waals surface area contributed by atoms with E-state index < -0.39 is 0 Å². The first kappa shape index (κ1) is 17.1. The molecule has 0 N–H and O–H groups in total. The molecule has 24 heavy (non-hydrogen) atoms. The first-order valence-corrected chi connectivity index (χ1v) is 9.30. The van der Waals surface area contributed by atoms with Gasteiger partial charge in [0.25, 0.3) is 5.91 Å². The Morgan fingerprint density at radius 3 is 2.67 bits per heavy atom. The zero-order valence-corrected chi connectivity index (χ0v) is 15.9. The number of pyridine rings is 1. The van der Waals surface area contributed by atoms with Gasteiger partial charge >= 0.3 is 0 Å². The van der Waals surface area contributed by atoms with Crippen LogP contribution in [-0.4, -0.2) is 15.5 Å². The van der Waals surface area contributed by atoms with Crippen LogP contribution in [0.3, 0.4) is 0 Å². The Morgan fingerprint density at radius 1 is 1.38 bits per heavy atom. The summed E-state index contributed by atoms with van der Waals surface area (Å²) in [7, 11) is 0. The third-order valence-corrected chi connectivity index (χ3v) is 5.99. The van der Waals surface area contributed by atoms with Gasteiger partial charge in [-0.25, -0.2) is 0 Å². The van der Waals surface area contributed by atoms with Crippen molar-refractivity contribution >= 4 is 17.2 Å². The second-order valence-corrected chi connectivity index (χ2v) is 8.67. The van der Waals surface area contributed by atoms with E-state index in [1.807, 2.05) is 19.1 Å². The molecule has 0 atom stereocenters. The van der Waals surface area contributed by atoms with Crippen LogP contribution in [0, 0.1) is 19.8 Å². The monoisotopic (exact) mass is 343 g/mol. The lowest BCUT2D eigenvalue weighted by Crippen LogP contribution is -2.20. The Morgan fingerprint density at radius 2 is 2.08 bits per heavy atom. The molecule has 0 unspecified atom stereocenters. The van der Waals surface area contributed by atoms with Gasteiger partial charge in [0.2, 0.25) is 0 Å². The number of rotatable bonds is 3. The van der Waals surface area contributed by atoms with Crippen molar-refractivity contribution in [2.45, 2.75) is 59.4 Å². The maximum atomic E-state index is 12.6. The van der Waals surface area contributed by atoms with Crippen LogP contribution in [-0.2, 0) is 12.0 Å². The summed E-state index contributed by atoms with van der Waals surface area (Å²) in [6.07, 6.45) is 4.20. The molecule has 0 aromatic carbocycles. The maximum Gasteiger partial charge on any atom is 0.298 e. The summed E-state index contributed by atoms with van der Waals surface area (Å²) in [6.45, 7) is 11.6. The number of carbonyl (C=O) groups excluding carboxylic acids is 1. The van der Waals surface area contributed by atoms with Crippen LogP contribution in [0.15, 0.2) is 23.3 Å². The van der Waals surface area contributed by atoms with Crippen LogP contribution >= 0.6 is 11.3 Å². The van der Waals surface area contributed by atoms with Gasteiger partial charge in [-0.15, -0.1) is 11.3 Å². The predicted molar refractivity (Wildman–Crippen MR) is 97.3 cm³/mol. The number of nitrogens with zero attached hydrogens (tertiary/aromatic N) is 3. The van der Waals surface area contributed by atoms with Crippen molar-refractivity contribution < 1.29 is 4.79 Å². The molecule has 0 aliphatic heterocycles. The molecule has 4 nitrogen and oxygen atoms in total. The normalized spacial score (nSPS) is 15.8. The minimum Gasteiger partial charge on any atom is -0.320 e. The Balaban J connectivity index is 2.08. The van der Waals surface area contributed by atoms with Crippen molar-refractivity contribution in [3.8, 4) is 0 Å². The number of thiazole rings is 1. The minimum atomic E-state index is -0.251. The van der Waals surface area contributed by atoms with E-state index in [0.717, 1.165) is 22.8 Å². The zero-order valence-electron chi connectivity index (χ0n) is 15.1. The molecule has 2 aromatic heterocycles. The van der Waals surface area contributed by atoms with Crippen LogP contribution < -0.4 is 4.80 Å². The Kier molecular flexibility index (Phi) is 4.47. The molecule has 3 rings (SSSR count).